The SMILES string of the molecule is NC(=O)CCSC1c2ccccc2COc2ccc(OCc3ccc4ccc(Cl)cc4n3)cc21. The first-order chi connectivity index (χ1) is 16.6. The van der Waals surface area contributed by atoms with Crippen LogP contribution in [0.1, 0.15) is 34.1 Å². The van der Waals surface area contributed by atoms with Crippen molar-refractivity contribution < 1.29 is 14.3 Å². The molecule has 0 saturated heterocycles. The molecule has 5 rings (SSSR count). The number of thioether (sulfide) groups is 1. The van der Waals surface area contributed by atoms with Crippen molar-refractivity contribution >= 4 is 40.2 Å². The Morgan fingerprint density at radius 1 is 1.09 bits per heavy atom. The molecule has 0 saturated carbocycles. The van der Waals surface area contributed by atoms with Gasteiger partial charge in [0.15, 0.2) is 0 Å². The molecule has 7 heteroatoms. The van der Waals surface area contributed by atoms with E-state index in [4.69, 9.17) is 26.8 Å². The number of rotatable bonds is 7. The fourth-order valence-corrected chi connectivity index (χ4v) is 5.52. The van der Waals surface area contributed by atoms with Crippen molar-refractivity contribution in [2.75, 3.05) is 5.75 Å². The first-order valence-electron chi connectivity index (χ1n) is 11.0. The van der Waals surface area contributed by atoms with Gasteiger partial charge in [0.1, 0.15) is 24.7 Å². The average molecular weight is 491 g/mol. The van der Waals surface area contributed by atoms with Gasteiger partial charge in [-0.25, -0.2) is 4.98 Å². The Kier molecular flexibility index (Phi) is 6.61. The van der Waals surface area contributed by atoms with Gasteiger partial charge in [-0.15, -0.1) is 11.8 Å². The minimum Gasteiger partial charge on any atom is -0.489 e. The highest BCUT2D eigenvalue weighted by atomic mass is 35.5. The number of pyridine rings is 1. The molecule has 5 nitrogen and oxygen atoms in total. The van der Waals surface area contributed by atoms with Gasteiger partial charge in [0, 0.05) is 28.1 Å². The van der Waals surface area contributed by atoms with Gasteiger partial charge in [-0.1, -0.05) is 48.0 Å². The van der Waals surface area contributed by atoms with E-state index in [9.17, 15) is 4.79 Å². The fraction of sp³-hybridized carbons (Fsp3) is 0.185. The zero-order valence-electron chi connectivity index (χ0n) is 18.4. The molecule has 1 amide bonds. The molecule has 1 unspecified atom stereocenters. The maximum Gasteiger partial charge on any atom is 0.218 e. The highest BCUT2D eigenvalue weighted by Crippen LogP contribution is 2.45. The molecule has 0 spiro atoms. The lowest BCUT2D eigenvalue weighted by atomic mass is 10.00. The molecule has 0 radical (unpaired) electrons. The van der Waals surface area contributed by atoms with Gasteiger partial charge in [-0.05, 0) is 47.5 Å². The third-order valence-electron chi connectivity index (χ3n) is 5.72. The third-order valence-corrected chi connectivity index (χ3v) is 7.23. The summed E-state index contributed by atoms with van der Waals surface area (Å²) in [5.74, 6) is 1.88. The molecule has 0 aliphatic carbocycles. The van der Waals surface area contributed by atoms with Crippen molar-refractivity contribution in [1.29, 1.82) is 0 Å². The van der Waals surface area contributed by atoms with E-state index in [1.807, 2.05) is 60.7 Å². The van der Waals surface area contributed by atoms with E-state index in [1.165, 1.54) is 5.56 Å². The molecule has 0 bridgehead atoms. The van der Waals surface area contributed by atoms with Crippen LogP contribution >= 0.6 is 23.4 Å². The van der Waals surface area contributed by atoms with Gasteiger partial charge < -0.3 is 15.2 Å². The normalized spacial score (nSPS) is 14.6. The lowest BCUT2D eigenvalue weighted by molar-refractivity contribution is -0.117. The zero-order valence-corrected chi connectivity index (χ0v) is 19.9. The van der Waals surface area contributed by atoms with E-state index in [2.05, 4.69) is 17.1 Å². The summed E-state index contributed by atoms with van der Waals surface area (Å²) >= 11 is 7.81. The van der Waals surface area contributed by atoms with E-state index in [1.54, 1.807) is 11.8 Å². The Balaban J connectivity index is 1.41. The molecular weight excluding hydrogens is 468 g/mol. The Hall–Kier alpha value is -3.22. The molecule has 4 aromatic rings. The number of nitrogens with two attached hydrogens (primary N) is 1. The quantitative estimate of drug-likeness (QED) is 0.341. The summed E-state index contributed by atoms with van der Waals surface area (Å²) in [7, 11) is 0. The number of carbonyl (C=O) groups is 1. The predicted octanol–water partition coefficient (Wildman–Crippen LogP) is 6.06. The van der Waals surface area contributed by atoms with Gasteiger partial charge in [0.05, 0.1) is 16.5 Å². The number of nitrogens with zero attached hydrogens (tertiary/aromatic N) is 1. The van der Waals surface area contributed by atoms with Crippen LogP contribution in [0.4, 0.5) is 0 Å². The molecule has 1 aliphatic rings. The number of carbonyl (C=O) groups excluding carboxylic acids is 1. The third kappa shape index (κ3) is 4.98. The molecule has 3 aromatic carbocycles. The van der Waals surface area contributed by atoms with Crippen LogP contribution in [0, 0.1) is 0 Å². The van der Waals surface area contributed by atoms with Gasteiger partial charge >= 0.3 is 0 Å². The number of hydrogen-bond acceptors (Lipinski definition) is 5. The van der Waals surface area contributed by atoms with Crippen molar-refractivity contribution in [3.8, 4) is 11.5 Å². The molecule has 1 atom stereocenters. The van der Waals surface area contributed by atoms with Gasteiger partial charge in [0.2, 0.25) is 5.91 Å². The number of ether oxygens (including phenoxy) is 2. The van der Waals surface area contributed by atoms with E-state index in [-0.39, 0.29) is 11.2 Å². The van der Waals surface area contributed by atoms with Crippen molar-refractivity contribution in [2.45, 2.75) is 24.9 Å². The lowest BCUT2D eigenvalue weighted by Gasteiger charge is -2.19. The second kappa shape index (κ2) is 9.95. The monoisotopic (exact) mass is 490 g/mol. The number of benzene rings is 3. The standard InChI is InChI=1S/C27H23ClN2O3S/c28-19-7-5-17-6-8-20(30-24(17)13-19)16-32-21-9-10-25-23(14-21)27(34-12-11-26(29)31)22-4-2-1-3-18(22)15-33-25/h1-10,13-14,27H,11-12,15-16H2,(H2,29,31). The van der Waals surface area contributed by atoms with Crippen LogP contribution in [-0.2, 0) is 18.0 Å². The molecule has 172 valence electrons. The first-order valence-corrected chi connectivity index (χ1v) is 12.4. The van der Waals surface area contributed by atoms with E-state index in [0.29, 0.717) is 30.4 Å². The number of amides is 1. The fourth-order valence-electron chi connectivity index (χ4n) is 4.02. The second-order valence-electron chi connectivity index (χ2n) is 8.08. The molecule has 1 aromatic heterocycles. The highest BCUT2D eigenvalue weighted by Gasteiger charge is 2.25. The van der Waals surface area contributed by atoms with Crippen molar-refractivity contribution in [3.05, 3.63) is 100 Å². The minimum atomic E-state index is -0.299. The summed E-state index contributed by atoms with van der Waals surface area (Å²) in [6.45, 7) is 0.831. The predicted molar refractivity (Wildman–Crippen MR) is 136 cm³/mol. The highest BCUT2D eigenvalue weighted by molar-refractivity contribution is 7.99. The second-order valence-corrected chi connectivity index (χ2v) is 9.73. The number of hydrogen-bond donors (Lipinski definition) is 1. The number of halogens is 1. The number of aromatic nitrogens is 1. The molecule has 0 fully saturated rings. The maximum atomic E-state index is 11.3. The zero-order chi connectivity index (χ0) is 23.5. The average Bonchev–Trinajstić information content (AvgIpc) is 2.99. The molecule has 2 N–H and O–H groups in total. The summed E-state index contributed by atoms with van der Waals surface area (Å²) in [5, 5.41) is 1.70. The Labute approximate surface area is 207 Å². The molecule has 34 heavy (non-hydrogen) atoms. The Morgan fingerprint density at radius 2 is 1.94 bits per heavy atom. The van der Waals surface area contributed by atoms with E-state index < -0.39 is 0 Å². The summed E-state index contributed by atoms with van der Waals surface area (Å²) < 4.78 is 12.2. The summed E-state index contributed by atoms with van der Waals surface area (Å²) in [4.78, 5) is 16.0. The van der Waals surface area contributed by atoms with Gasteiger partial charge in [-0.3, -0.25) is 4.79 Å². The van der Waals surface area contributed by atoms with Crippen molar-refractivity contribution in [3.63, 3.8) is 0 Å². The van der Waals surface area contributed by atoms with Crippen molar-refractivity contribution in [1.82, 2.24) is 4.98 Å². The maximum absolute atomic E-state index is 11.3. The minimum absolute atomic E-state index is 0.0116. The van der Waals surface area contributed by atoms with Crippen LogP contribution in [0.5, 0.6) is 11.5 Å². The Morgan fingerprint density at radius 3 is 2.82 bits per heavy atom. The van der Waals surface area contributed by atoms with Crippen LogP contribution < -0.4 is 15.2 Å². The number of fused-ring (bicyclic) bond motifs is 3. The largest absolute Gasteiger partial charge is 0.489 e. The summed E-state index contributed by atoms with van der Waals surface area (Å²) in [6.07, 6.45) is 0.327. The van der Waals surface area contributed by atoms with E-state index in [0.717, 1.165) is 39.2 Å². The van der Waals surface area contributed by atoms with Gasteiger partial charge in [-0.2, -0.15) is 0 Å². The molecular formula is C27H23ClN2O3S. The topological polar surface area (TPSA) is 74.4 Å². The molecule has 1 aliphatic heterocycles. The van der Waals surface area contributed by atoms with Crippen LogP contribution in [0.25, 0.3) is 10.9 Å². The summed E-state index contributed by atoms with van der Waals surface area (Å²) in [6, 6.07) is 23.8. The van der Waals surface area contributed by atoms with Crippen LogP contribution in [0.3, 0.4) is 0 Å². The van der Waals surface area contributed by atoms with Gasteiger partial charge in [0.25, 0.3) is 0 Å². The Bertz CT molecular complexity index is 1360. The van der Waals surface area contributed by atoms with Crippen molar-refractivity contribution in [2.24, 2.45) is 5.73 Å². The molecule has 2 heterocycles. The lowest BCUT2D eigenvalue weighted by Crippen LogP contribution is -2.11. The first kappa shape index (κ1) is 22.6. The van der Waals surface area contributed by atoms with Crippen LogP contribution in [0.15, 0.2) is 72.8 Å². The van der Waals surface area contributed by atoms with Crippen LogP contribution in [0.2, 0.25) is 5.02 Å². The van der Waals surface area contributed by atoms with Crippen LogP contribution in [-0.4, -0.2) is 16.6 Å². The number of primary amides is 1. The summed E-state index contributed by atoms with van der Waals surface area (Å²) in [5.41, 5.74) is 10.4. The van der Waals surface area contributed by atoms with E-state index >= 15 is 0 Å². The smallest absolute Gasteiger partial charge is 0.218 e.